The minimum absolute atomic E-state index is 0.164. The van der Waals surface area contributed by atoms with Crippen LogP contribution in [0.4, 0.5) is 4.39 Å². The molecule has 0 saturated heterocycles. The van der Waals surface area contributed by atoms with E-state index in [-0.39, 0.29) is 18.0 Å². The van der Waals surface area contributed by atoms with Crippen molar-refractivity contribution in [3.05, 3.63) is 63.9 Å². The van der Waals surface area contributed by atoms with Crippen LogP contribution in [-0.4, -0.2) is 6.04 Å². The monoisotopic (exact) mass is 351 g/mol. The van der Waals surface area contributed by atoms with Gasteiger partial charge < -0.3 is 10.5 Å². The molecule has 2 atom stereocenters. The molecule has 2 rings (SSSR count). The molecule has 0 aromatic heterocycles. The lowest BCUT2D eigenvalue weighted by Gasteiger charge is -2.25. The smallest absolute Gasteiger partial charge is 0.139 e. The van der Waals surface area contributed by atoms with Crippen LogP contribution in [0.25, 0.3) is 0 Å². The second-order valence-corrected chi connectivity index (χ2v) is 5.95. The predicted octanol–water partition coefficient (Wildman–Crippen LogP) is 4.75. The molecule has 0 saturated carbocycles. The lowest BCUT2D eigenvalue weighted by Crippen LogP contribution is -2.31. The Balaban J connectivity index is 2.32. The zero-order chi connectivity index (χ0) is 15.4. The molecule has 0 aliphatic heterocycles. The number of halogens is 2. The summed E-state index contributed by atoms with van der Waals surface area (Å²) in [5, 5.41) is 0. The molecule has 0 radical (unpaired) electrons. The summed E-state index contributed by atoms with van der Waals surface area (Å²) in [5.41, 5.74) is 8.36. The number of aryl methyl sites for hydroxylation is 1. The third kappa shape index (κ3) is 4.05. The van der Waals surface area contributed by atoms with E-state index in [1.165, 1.54) is 17.7 Å². The Labute approximate surface area is 133 Å². The highest BCUT2D eigenvalue weighted by atomic mass is 79.9. The summed E-state index contributed by atoms with van der Waals surface area (Å²) < 4.78 is 20.1. The molecule has 0 heterocycles. The van der Waals surface area contributed by atoms with Crippen molar-refractivity contribution in [2.45, 2.75) is 32.4 Å². The quantitative estimate of drug-likeness (QED) is 0.843. The number of hydrogen-bond donors (Lipinski definition) is 1. The fourth-order valence-corrected chi connectivity index (χ4v) is 2.42. The molecule has 2 nitrogen and oxygen atoms in total. The fraction of sp³-hybridized carbons (Fsp3) is 0.294. The second kappa shape index (κ2) is 7.05. The molecule has 0 aliphatic rings. The first kappa shape index (κ1) is 16.0. The van der Waals surface area contributed by atoms with Crippen LogP contribution in [0, 0.1) is 12.7 Å². The molecule has 21 heavy (non-hydrogen) atoms. The van der Waals surface area contributed by atoms with Crippen LogP contribution < -0.4 is 10.5 Å². The van der Waals surface area contributed by atoms with E-state index in [0.29, 0.717) is 10.2 Å². The third-order valence-electron chi connectivity index (χ3n) is 3.41. The van der Waals surface area contributed by atoms with Gasteiger partial charge in [-0.25, -0.2) is 4.39 Å². The Morgan fingerprint density at radius 1 is 1.19 bits per heavy atom. The van der Waals surface area contributed by atoms with Crippen molar-refractivity contribution in [2.24, 2.45) is 5.73 Å². The molecular formula is C17H19BrFNO. The van der Waals surface area contributed by atoms with E-state index in [4.69, 9.17) is 10.5 Å². The van der Waals surface area contributed by atoms with E-state index < -0.39 is 0 Å². The van der Waals surface area contributed by atoms with Crippen molar-refractivity contribution in [2.75, 3.05) is 0 Å². The summed E-state index contributed by atoms with van der Waals surface area (Å²) in [6.07, 6.45) is 0.458. The van der Waals surface area contributed by atoms with Gasteiger partial charge in [0.2, 0.25) is 0 Å². The van der Waals surface area contributed by atoms with Crippen LogP contribution >= 0.6 is 15.9 Å². The molecule has 0 aliphatic carbocycles. The molecule has 2 aromatic rings. The zero-order valence-corrected chi connectivity index (χ0v) is 13.7. The van der Waals surface area contributed by atoms with Crippen LogP contribution in [0.3, 0.4) is 0 Å². The number of rotatable bonds is 5. The Hall–Kier alpha value is -1.39. The normalized spacial score (nSPS) is 13.8. The first-order valence-electron chi connectivity index (χ1n) is 6.95. The van der Waals surface area contributed by atoms with Gasteiger partial charge in [0.1, 0.15) is 17.7 Å². The number of hydrogen-bond acceptors (Lipinski definition) is 2. The Kier molecular flexibility index (Phi) is 5.37. The molecule has 4 heteroatoms. The zero-order valence-electron chi connectivity index (χ0n) is 12.1. The van der Waals surface area contributed by atoms with Crippen LogP contribution in [-0.2, 0) is 0 Å². The summed E-state index contributed by atoms with van der Waals surface area (Å²) >= 11 is 3.38. The molecule has 2 aromatic carbocycles. The topological polar surface area (TPSA) is 35.2 Å². The largest absolute Gasteiger partial charge is 0.483 e. The van der Waals surface area contributed by atoms with Crippen molar-refractivity contribution in [1.29, 1.82) is 0 Å². The summed E-state index contributed by atoms with van der Waals surface area (Å²) in [7, 11) is 0. The van der Waals surface area contributed by atoms with Gasteiger partial charge in [-0.1, -0.05) is 36.8 Å². The standard InChI is InChI=1S/C17H19BrFNO/c1-3-15(20)17(12-6-4-11(2)5-7-12)21-16-10-13(19)8-9-14(16)18/h4-10,15,17H,3,20H2,1-2H3. The average Bonchev–Trinajstić information content (AvgIpc) is 2.48. The predicted molar refractivity (Wildman–Crippen MR) is 86.9 cm³/mol. The van der Waals surface area contributed by atoms with E-state index in [9.17, 15) is 4.39 Å². The minimum Gasteiger partial charge on any atom is -0.483 e. The summed E-state index contributed by atoms with van der Waals surface area (Å²) in [6, 6.07) is 12.3. The third-order valence-corrected chi connectivity index (χ3v) is 4.07. The second-order valence-electron chi connectivity index (χ2n) is 5.10. The maximum Gasteiger partial charge on any atom is 0.139 e. The molecule has 0 spiro atoms. The average molecular weight is 352 g/mol. The summed E-state index contributed by atoms with van der Waals surface area (Å²) in [6.45, 7) is 4.04. The van der Waals surface area contributed by atoms with E-state index in [1.807, 2.05) is 38.1 Å². The Morgan fingerprint density at radius 2 is 1.86 bits per heavy atom. The van der Waals surface area contributed by atoms with Gasteiger partial charge in [0.05, 0.1) is 4.47 Å². The van der Waals surface area contributed by atoms with Crippen molar-refractivity contribution < 1.29 is 9.13 Å². The Morgan fingerprint density at radius 3 is 2.48 bits per heavy atom. The summed E-state index contributed by atoms with van der Waals surface area (Å²) in [4.78, 5) is 0. The highest BCUT2D eigenvalue weighted by molar-refractivity contribution is 9.10. The van der Waals surface area contributed by atoms with E-state index >= 15 is 0 Å². The lowest BCUT2D eigenvalue weighted by atomic mass is 10.00. The van der Waals surface area contributed by atoms with Crippen molar-refractivity contribution in [3.63, 3.8) is 0 Å². The van der Waals surface area contributed by atoms with Crippen molar-refractivity contribution in [1.82, 2.24) is 0 Å². The molecule has 0 amide bonds. The maximum atomic E-state index is 13.4. The first-order valence-corrected chi connectivity index (χ1v) is 7.74. The van der Waals surface area contributed by atoms with Gasteiger partial charge in [-0.05, 0) is 47.0 Å². The minimum atomic E-state index is -0.332. The van der Waals surface area contributed by atoms with Crippen LogP contribution in [0.5, 0.6) is 5.75 Å². The van der Waals surface area contributed by atoms with Crippen molar-refractivity contribution >= 4 is 15.9 Å². The highest BCUT2D eigenvalue weighted by Gasteiger charge is 2.21. The fourth-order valence-electron chi connectivity index (χ4n) is 2.08. The molecule has 0 fully saturated rings. The Bertz CT molecular complexity index is 600. The van der Waals surface area contributed by atoms with Gasteiger partial charge in [0, 0.05) is 12.1 Å². The molecule has 2 unspecified atom stereocenters. The van der Waals surface area contributed by atoms with Gasteiger partial charge >= 0.3 is 0 Å². The molecule has 112 valence electrons. The van der Waals surface area contributed by atoms with Gasteiger partial charge in [-0.15, -0.1) is 0 Å². The molecule has 2 N–H and O–H groups in total. The highest BCUT2D eigenvalue weighted by Crippen LogP contribution is 2.32. The van der Waals surface area contributed by atoms with Crippen molar-refractivity contribution in [3.8, 4) is 5.75 Å². The van der Waals surface area contributed by atoms with Gasteiger partial charge in [0.15, 0.2) is 0 Å². The SMILES string of the molecule is CCC(N)C(Oc1cc(F)ccc1Br)c1ccc(C)cc1. The molecular weight excluding hydrogens is 333 g/mol. The van der Waals surface area contributed by atoms with Crippen LogP contribution in [0.1, 0.15) is 30.6 Å². The number of ether oxygens (including phenoxy) is 1. The van der Waals surface area contributed by atoms with E-state index in [0.717, 1.165) is 12.0 Å². The first-order chi connectivity index (χ1) is 10.0. The van der Waals surface area contributed by atoms with E-state index in [2.05, 4.69) is 15.9 Å². The summed E-state index contributed by atoms with van der Waals surface area (Å²) in [5.74, 6) is 0.130. The van der Waals surface area contributed by atoms with Crippen LogP contribution in [0.2, 0.25) is 0 Å². The maximum absolute atomic E-state index is 13.4. The lowest BCUT2D eigenvalue weighted by molar-refractivity contribution is 0.169. The van der Waals surface area contributed by atoms with Gasteiger partial charge in [-0.2, -0.15) is 0 Å². The number of benzene rings is 2. The van der Waals surface area contributed by atoms with Gasteiger partial charge in [0.25, 0.3) is 0 Å². The van der Waals surface area contributed by atoms with Crippen LogP contribution in [0.15, 0.2) is 46.9 Å². The van der Waals surface area contributed by atoms with Gasteiger partial charge in [-0.3, -0.25) is 0 Å². The molecule has 0 bridgehead atoms. The number of nitrogens with two attached hydrogens (primary N) is 1. The van der Waals surface area contributed by atoms with E-state index in [1.54, 1.807) is 6.07 Å².